The molecule has 0 fully saturated rings. The molecule has 0 radical (unpaired) electrons. The van der Waals surface area contributed by atoms with Crippen LogP contribution in [0.15, 0.2) is 45.3 Å². The van der Waals surface area contributed by atoms with Crippen molar-refractivity contribution in [1.82, 2.24) is 4.98 Å². The first kappa shape index (κ1) is 11.4. The predicted octanol–water partition coefficient (Wildman–Crippen LogP) is 4.70. The molecule has 4 heteroatoms. The van der Waals surface area contributed by atoms with Crippen molar-refractivity contribution < 1.29 is 8.81 Å². The Kier molecular flexibility index (Phi) is 2.67. The van der Waals surface area contributed by atoms with Crippen molar-refractivity contribution in [3.05, 3.63) is 52.3 Å². The van der Waals surface area contributed by atoms with E-state index < -0.39 is 0 Å². The Morgan fingerprint density at radius 1 is 1.17 bits per heavy atom. The Balaban J connectivity index is 2.19. The molecule has 0 saturated heterocycles. The number of nitrogens with zero attached hydrogens (tertiary/aromatic N) is 1. The third-order valence-corrected chi connectivity index (χ3v) is 3.30. The second-order valence-corrected chi connectivity index (χ2v) is 4.98. The maximum absolute atomic E-state index is 13.3. The zero-order chi connectivity index (χ0) is 12.7. The van der Waals surface area contributed by atoms with E-state index in [-0.39, 0.29) is 5.82 Å². The molecule has 2 aromatic carbocycles. The van der Waals surface area contributed by atoms with Gasteiger partial charge in [-0.3, -0.25) is 0 Å². The highest BCUT2D eigenvalue weighted by atomic mass is 79.9. The summed E-state index contributed by atoms with van der Waals surface area (Å²) in [4.78, 5) is 4.30. The zero-order valence-electron chi connectivity index (χ0n) is 9.58. The summed E-state index contributed by atoms with van der Waals surface area (Å²) in [7, 11) is 0. The molecule has 0 atom stereocenters. The summed E-state index contributed by atoms with van der Waals surface area (Å²) in [5.74, 6) is 0.162. The summed E-state index contributed by atoms with van der Waals surface area (Å²) in [6, 6.07) is 10.6. The molecule has 0 spiro atoms. The first-order valence-corrected chi connectivity index (χ1v) is 6.25. The van der Waals surface area contributed by atoms with E-state index in [1.807, 2.05) is 31.2 Å². The van der Waals surface area contributed by atoms with E-state index in [9.17, 15) is 4.39 Å². The summed E-state index contributed by atoms with van der Waals surface area (Å²) in [6.07, 6.45) is 0. The van der Waals surface area contributed by atoms with Crippen LogP contribution in [0, 0.1) is 12.7 Å². The van der Waals surface area contributed by atoms with Gasteiger partial charge in [-0.25, -0.2) is 9.37 Å². The molecule has 90 valence electrons. The predicted molar refractivity (Wildman–Crippen MR) is 71.8 cm³/mol. The molecule has 2 nitrogen and oxygen atoms in total. The number of aryl methyl sites for hydroxylation is 1. The largest absolute Gasteiger partial charge is 0.435 e. The lowest BCUT2D eigenvalue weighted by atomic mass is 10.1. The maximum Gasteiger partial charge on any atom is 0.227 e. The molecule has 0 aliphatic carbocycles. The SMILES string of the molecule is Cc1ccc(-c2nc3cc(F)cc(Br)c3o2)cc1. The van der Waals surface area contributed by atoms with Crippen molar-refractivity contribution in [2.24, 2.45) is 0 Å². The van der Waals surface area contributed by atoms with Crippen LogP contribution >= 0.6 is 15.9 Å². The van der Waals surface area contributed by atoms with Gasteiger partial charge in [0.15, 0.2) is 5.58 Å². The van der Waals surface area contributed by atoms with Crippen molar-refractivity contribution in [2.45, 2.75) is 6.92 Å². The van der Waals surface area contributed by atoms with Crippen LogP contribution in [-0.2, 0) is 0 Å². The molecule has 0 unspecified atom stereocenters. The van der Waals surface area contributed by atoms with E-state index in [0.29, 0.717) is 21.5 Å². The van der Waals surface area contributed by atoms with E-state index in [0.717, 1.165) is 5.56 Å². The lowest BCUT2D eigenvalue weighted by molar-refractivity contribution is 0.611. The molecule has 3 aromatic rings. The smallest absolute Gasteiger partial charge is 0.227 e. The van der Waals surface area contributed by atoms with Crippen LogP contribution in [0.4, 0.5) is 4.39 Å². The van der Waals surface area contributed by atoms with Gasteiger partial charge in [0, 0.05) is 11.6 Å². The Bertz CT molecular complexity index is 718. The fourth-order valence-corrected chi connectivity index (χ4v) is 2.28. The molecule has 0 bridgehead atoms. The lowest BCUT2D eigenvalue weighted by Gasteiger charge is -1.95. The summed E-state index contributed by atoms with van der Waals surface area (Å²) < 4.78 is 19.5. The number of hydrogen-bond donors (Lipinski definition) is 0. The minimum atomic E-state index is -0.335. The highest BCUT2D eigenvalue weighted by molar-refractivity contribution is 9.10. The molecule has 1 heterocycles. The van der Waals surface area contributed by atoms with Gasteiger partial charge in [-0.15, -0.1) is 0 Å². The summed E-state index contributed by atoms with van der Waals surface area (Å²) in [5, 5.41) is 0. The number of hydrogen-bond acceptors (Lipinski definition) is 2. The van der Waals surface area contributed by atoms with Crippen LogP contribution < -0.4 is 0 Å². The van der Waals surface area contributed by atoms with Crippen molar-refractivity contribution in [3.8, 4) is 11.5 Å². The average molecular weight is 306 g/mol. The van der Waals surface area contributed by atoms with Gasteiger partial charge in [-0.05, 0) is 41.1 Å². The number of fused-ring (bicyclic) bond motifs is 1. The third-order valence-electron chi connectivity index (χ3n) is 2.71. The Hall–Kier alpha value is -1.68. The number of rotatable bonds is 1. The Morgan fingerprint density at radius 2 is 1.89 bits per heavy atom. The van der Waals surface area contributed by atoms with E-state index in [2.05, 4.69) is 20.9 Å². The molecular weight excluding hydrogens is 297 g/mol. The summed E-state index contributed by atoms with van der Waals surface area (Å²) in [6.45, 7) is 2.02. The molecule has 0 aliphatic heterocycles. The standard InChI is InChI=1S/C14H9BrFNO/c1-8-2-4-9(5-3-8)14-17-12-7-10(16)6-11(15)13(12)18-14/h2-7H,1H3. The maximum atomic E-state index is 13.3. The molecule has 0 N–H and O–H groups in total. The lowest BCUT2D eigenvalue weighted by Crippen LogP contribution is -1.78. The number of aromatic nitrogens is 1. The molecule has 18 heavy (non-hydrogen) atoms. The van der Waals surface area contributed by atoms with Crippen molar-refractivity contribution in [3.63, 3.8) is 0 Å². The van der Waals surface area contributed by atoms with Crippen LogP contribution in [0.2, 0.25) is 0 Å². The summed E-state index contributed by atoms with van der Waals surface area (Å²) >= 11 is 3.27. The van der Waals surface area contributed by atoms with Crippen molar-refractivity contribution >= 4 is 27.0 Å². The van der Waals surface area contributed by atoms with Crippen molar-refractivity contribution in [2.75, 3.05) is 0 Å². The van der Waals surface area contributed by atoms with Gasteiger partial charge in [-0.1, -0.05) is 17.7 Å². The molecule has 0 saturated carbocycles. The quantitative estimate of drug-likeness (QED) is 0.651. The first-order valence-electron chi connectivity index (χ1n) is 5.46. The topological polar surface area (TPSA) is 26.0 Å². The fraction of sp³-hybridized carbons (Fsp3) is 0.0714. The van der Waals surface area contributed by atoms with Gasteiger partial charge in [0.05, 0.1) is 4.47 Å². The second-order valence-electron chi connectivity index (χ2n) is 4.12. The van der Waals surface area contributed by atoms with Crippen LogP contribution in [0.5, 0.6) is 0 Å². The van der Waals surface area contributed by atoms with E-state index in [1.54, 1.807) is 0 Å². The molecule has 1 aromatic heterocycles. The minimum Gasteiger partial charge on any atom is -0.435 e. The Morgan fingerprint density at radius 3 is 2.61 bits per heavy atom. The summed E-state index contributed by atoms with van der Waals surface area (Å²) in [5.41, 5.74) is 3.12. The molecule has 3 rings (SSSR count). The van der Waals surface area contributed by atoms with Crippen LogP contribution in [-0.4, -0.2) is 4.98 Å². The van der Waals surface area contributed by atoms with Gasteiger partial charge in [-0.2, -0.15) is 0 Å². The van der Waals surface area contributed by atoms with Gasteiger partial charge in [0.1, 0.15) is 11.3 Å². The molecule has 0 aliphatic rings. The van der Waals surface area contributed by atoms with E-state index >= 15 is 0 Å². The number of benzene rings is 2. The highest BCUT2D eigenvalue weighted by Gasteiger charge is 2.12. The average Bonchev–Trinajstić information content (AvgIpc) is 2.74. The minimum absolute atomic E-state index is 0.335. The normalized spacial score (nSPS) is 11.1. The molecular formula is C14H9BrFNO. The van der Waals surface area contributed by atoms with Gasteiger partial charge in [0.25, 0.3) is 0 Å². The Labute approximate surface area is 112 Å². The fourth-order valence-electron chi connectivity index (χ4n) is 1.78. The van der Waals surface area contributed by atoms with Crippen LogP contribution in [0.3, 0.4) is 0 Å². The van der Waals surface area contributed by atoms with Gasteiger partial charge >= 0.3 is 0 Å². The number of halogens is 2. The third kappa shape index (κ3) is 1.93. The van der Waals surface area contributed by atoms with Gasteiger partial charge in [0.2, 0.25) is 5.89 Å². The number of oxazole rings is 1. The molecule has 0 amide bonds. The van der Waals surface area contributed by atoms with Crippen LogP contribution in [0.25, 0.3) is 22.6 Å². The monoisotopic (exact) mass is 305 g/mol. The van der Waals surface area contributed by atoms with Gasteiger partial charge < -0.3 is 4.42 Å². The highest BCUT2D eigenvalue weighted by Crippen LogP contribution is 2.30. The van der Waals surface area contributed by atoms with E-state index in [4.69, 9.17) is 4.42 Å². The first-order chi connectivity index (χ1) is 8.63. The van der Waals surface area contributed by atoms with Crippen LogP contribution in [0.1, 0.15) is 5.56 Å². The zero-order valence-corrected chi connectivity index (χ0v) is 11.2. The van der Waals surface area contributed by atoms with E-state index in [1.165, 1.54) is 17.7 Å². The van der Waals surface area contributed by atoms with Crippen molar-refractivity contribution in [1.29, 1.82) is 0 Å². The second kappa shape index (κ2) is 4.21.